The van der Waals surface area contributed by atoms with Gasteiger partial charge in [-0.15, -0.1) is 0 Å². The Bertz CT molecular complexity index is 858. The van der Waals surface area contributed by atoms with E-state index in [1.165, 1.54) is 289 Å². The van der Waals surface area contributed by atoms with Crippen LogP contribution in [0.2, 0.25) is 0 Å². The first-order chi connectivity index (χ1) is 28.3. The van der Waals surface area contributed by atoms with Crippen LogP contribution in [0.1, 0.15) is 319 Å². The normalized spacial score (nSPS) is 11.6. The van der Waals surface area contributed by atoms with E-state index in [1.807, 2.05) is 0 Å². The van der Waals surface area contributed by atoms with Crippen molar-refractivity contribution in [3.05, 3.63) is 41.3 Å². The van der Waals surface area contributed by atoms with Crippen LogP contribution in [0.15, 0.2) is 12.1 Å². The molecular formula is C57H107. The average Bonchev–Trinajstić information content (AvgIpc) is 3.22. The highest BCUT2D eigenvalue weighted by Gasteiger charge is 2.12. The van der Waals surface area contributed by atoms with E-state index in [2.05, 4.69) is 39.8 Å². The lowest BCUT2D eigenvalue weighted by Gasteiger charge is -2.18. The van der Waals surface area contributed by atoms with Crippen LogP contribution in [-0.4, -0.2) is 0 Å². The van der Waals surface area contributed by atoms with Crippen molar-refractivity contribution in [1.29, 1.82) is 0 Å². The van der Waals surface area contributed by atoms with E-state index in [0.717, 1.165) is 12.8 Å². The van der Waals surface area contributed by atoms with Crippen LogP contribution >= 0.6 is 0 Å². The summed E-state index contributed by atoms with van der Waals surface area (Å²) < 4.78 is 0. The van der Waals surface area contributed by atoms with Gasteiger partial charge in [0.1, 0.15) is 0 Å². The van der Waals surface area contributed by atoms with Gasteiger partial charge in [-0.2, -0.15) is 0 Å². The molecule has 57 heavy (non-hydrogen) atoms. The molecule has 1 aromatic rings. The molecule has 0 saturated heterocycles. The zero-order valence-corrected chi connectivity index (χ0v) is 40.1. The molecule has 0 unspecified atom stereocenters. The van der Waals surface area contributed by atoms with E-state index in [0.29, 0.717) is 0 Å². The average molecular weight is 792 g/mol. The summed E-state index contributed by atoms with van der Waals surface area (Å²) in [6.07, 6.45) is 66.8. The molecule has 0 amide bonds. The van der Waals surface area contributed by atoms with Crippen molar-refractivity contribution in [2.75, 3.05) is 0 Å². The van der Waals surface area contributed by atoms with Crippen molar-refractivity contribution in [2.45, 2.75) is 323 Å². The summed E-state index contributed by atoms with van der Waals surface area (Å²) in [7, 11) is 0. The van der Waals surface area contributed by atoms with Gasteiger partial charge in [0, 0.05) is 0 Å². The van der Waals surface area contributed by atoms with E-state index < -0.39 is 0 Å². The minimum absolute atomic E-state index is 1.02. The zero-order valence-electron chi connectivity index (χ0n) is 40.1. The van der Waals surface area contributed by atoms with Crippen molar-refractivity contribution >= 4 is 0 Å². The molecule has 0 saturated carbocycles. The van der Waals surface area contributed by atoms with Crippen LogP contribution in [0.25, 0.3) is 0 Å². The van der Waals surface area contributed by atoms with E-state index in [4.69, 9.17) is 0 Å². The monoisotopic (exact) mass is 792 g/mol. The predicted octanol–water partition coefficient (Wildman–Crippen LogP) is 20.5. The summed E-state index contributed by atoms with van der Waals surface area (Å²) in [5.74, 6) is 0. The van der Waals surface area contributed by atoms with Crippen LogP contribution in [0, 0.1) is 6.92 Å². The van der Waals surface area contributed by atoms with Crippen LogP contribution in [0.4, 0.5) is 0 Å². The molecule has 1 aromatic carbocycles. The third-order valence-corrected chi connectivity index (χ3v) is 13.3. The van der Waals surface area contributed by atoms with Gasteiger partial charge >= 0.3 is 0 Å². The molecule has 0 atom stereocenters. The van der Waals surface area contributed by atoms with E-state index in [1.54, 1.807) is 22.3 Å². The number of aryl methyl sites for hydroxylation is 3. The largest absolute Gasteiger partial charge is 0.0654 e. The van der Waals surface area contributed by atoms with Gasteiger partial charge in [0.25, 0.3) is 0 Å². The maximum absolute atomic E-state index is 4.27. The van der Waals surface area contributed by atoms with Gasteiger partial charge in [0.05, 0.1) is 0 Å². The summed E-state index contributed by atoms with van der Waals surface area (Å²) in [5, 5.41) is 0. The quantitative estimate of drug-likeness (QED) is 0.0577. The molecule has 0 aromatic heterocycles. The van der Waals surface area contributed by atoms with Crippen LogP contribution in [-0.2, 0) is 25.7 Å². The Morgan fingerprint density at radius 1 is 0.263 bits per heavy atom. The molecule has 0 N–H and O–H groups in total. The number of unbranched alkanes of at least 4 members (excludes halogenated alkanes) is 39. The second kappa shape index (κ2) is 44.8. The predicted molar refractivity (Wildman–Crippen MR) is 262 cm³/mol. The second-order valence-electron chi connectivity index (χ2n) is 19.0. The maximum Gasteiger partial charge on any atom is -0.0273 e. The molecule has 0 nitrogen and oxygen atoms in total. The first-order valence-electron chi connectivity index (χ1n) is 27.2. The Balaban J connectivity index is 2.51. The molecular weight excluding hydrogens is 685 g/mol. The van der Waals surface area contributed by atoms with E-state index >= 15 is 0 Å². The highest BCUT2D eigenvalue weighted by atomic mass is 14.2. The third-order valence-electron chi connectivity index (χ3n) is 13.3. The SMILES string of the molecule is [CH2]CCc1cc(CCCCCCCCCCCCCCCC)c(CCCCCCCCCCCCCCCC)c(CCCCCCCCCCCCCCCC)c1. The van der Waals surface area contributed by atoms with Crippen molar-refractivity contribution in [1.82, 2.24) is 0 Å². The van der Waals surface area contributed by atoms with Crippen molar-refractivity contribution < 1.29 is 0 Å². The van der Waals surface area contributed by atoms with Gasteiger partial charge in [0.2, 0.25) is 0 Å². The third kappa shape index (κ3) is 35.7. The van der Waals surface area contributed by atoms with E-state index in [9.17, 15) is 0 Å². The van der Waals surface area contributed by atoms with Gasteiger partial charge in [0.15, 0.2) is 0 Å². The van der Waals surface area contributed by atoms with Crippen molar-refractivity contribution in [2.24, 2.45) is 0 Å². The minimum atomic E-state index is 1.02. The molecule has 335 valence electrons. The summed E-state index contributed by atoms with van der Waals surface area (Å²) in [6, 6.07) is 5.28. The number of rotatable bonds is 47. The van der Waals surface area contributed by atoms with Crippen LogP contribution < -0.4 is 0 Å². The van der Waals surface area contributed by atoms with Crippen molar-refractivity contribution in [3.8, 4) is 0 Å². The fourth-order valence-electron chi connectivity index (χ4n) is 9.50. The van der Waals surface area contributed by atoms with Gasteiger partial charge in [-0.25, -0.2) is 0 Å². The fourth-order valence-corrected chi connectivity index (χ4v) is 9.50. The molecule has 1 radical (unpaired) electrons. The molecule has 0 aliphatic rings. The number of benzene rings is 1. The summed E-state index contributed by atoms with van der Waals surface area (Å²) in [5.41, 5.74) is 6.83. The lowest BCUT2D eigenvalue weighted by molar-refractivity contribution is 0.533. The summed E-state index contributed by atoms with van der Waals surface area (Å²) >= 11 is 0. The van der Waals surface area contributed by atoms with Gasteiger partial charge in [-0.05, 0) is 73.6 Å². The lowest BCUT2D eigenvalue weighted by atomic mass is 9.87. The maximum atomic E-state index is 4.27. The molecule has 0 spiro atoms. The Kier molecular flexibility index (Phi) is 42.6. The fraction of sp³-hybridized carbons (Fsp3) is 0.877. The van der Waals surface area contributed by atoms with Gasteiger partial charge in [-0.1, -0.05) is 290 Å². The highest BCUT2D eigenvalue weighted by Crippen LogP contribution is 2.27. The number of hydrogen-bond acceptors (Lipinski definition) is 0. The second-order valence-corrected chi connectivity index (χ2v) is 19.0. The van der Waals surface area contributed by atoms with E-state index in [-0.39, 0.29) is 0 Å². The molecule has 1 rings (SSSR count). The Morgan fingerprint density at radius 2 is 0.474 bits per heavy atom. The van der Waals surface area contributed by atoms with Crippen LogP contribution in [0.5, 0.6) is 0 Å². The Labute approximate surface area is 362 Å². The van der Waals surface area contributed by atoms with Crippen LogP contribution in [0.3, 0.4) is 0 Å². The van der Waals surface area contributed by atoms with Gasteiger partial charge < -0.3 is 0 Å². The number of hydrogen-bond donors (Lipinski definition) is 0. The topological polar surface area (TPSA) is 0 Å². The lowest BCUT2D eigenvalue weighted by Crippen LogP contribution is -2.04. The standard InChI is InChI=1S/C57H107/c1-5-9-12-15-18-21-24-27-30-33-36-39-42-45-49-55-52-54(48-8-4)53-56(50-46-43-40-37-34-31-28-25-22-19-16-13-10-6-2)57(55)51-47-44-41-38-35-32-29-26-23-20-17-14-11-7-3/h52-53H,4-51H2,1-3H3. The molecule has 0 aliphatic carbocycles. The Hall–Kier alpha value is -0.780. The summed E-state index contributed by atoms with van der Waals surface area (Å²) in [4.78, 5) is 0. The molecule has 0 bridgehead atoms. The zero-order chi connectivity index (χ0) is 41.0. The molecule has 0 fully saturated rings. The minimum Gasteiger partial charge on any atom is -0.0654 e. The first-order valence-corrected chi connectivity index (χ1v) is 27.2. The first kappa shape index (κ1) is 54.2. The van der Waals surface area contributed by atoms with Crippen molar-refractivity contribution in [3.63, 3.8) is 0 Å². The summed E-state index contributed by atoms with van der Waals surface area (Å²) in [6.45, 7) is 11.2. The molecule has 0 heteroatoms. The Morgan fingerprint density at radius 3 is 0.702 bits per heavy atom. The smallest absolute Gasteiger partial charge is 0.0273 e. The molecule has 0 aliphatic heterocycles. The van der Waals surface area contributed by atoms with Gasteiger partial charge in [-0.3, -0.25) is 0 Å². The molecule has 0 heterocycles. The highest BCUT2D eigenvalue weighted by molar-refractivity contribution is 5.40.